The van der Waals surface area contributed by atoms with Gasteiger partial charge in [0.05, 0.1) is 5.56 Å². The minimum absolute atomic E-state index is 0.435. The van der Waals surface area contributed by atoms with Crippen molar-refractivity contribution < 1.29 is 4.52 Å². The molecule has 1 heterocycles. The third-order valence-corrected chi connectivity index (χ3v) is 3.99. The van der Waals surface area contributed by atoms with Crippen LogP contribution in [0.4, 0.5) is 5.69 Å². The molecule has 0 unspecified atom stereocenters. The summed E-state index contributed by atoms with van der Waals surface area (Å²) < 4.78 is 6.31. The summed E-state index contributed by atoms with van der Waals surface area (Å²) >= 11 is 3.49. The van der Waals surface area contributed by atoms with Gasteiger partial charge in [0.1, 0.15) is 0 Å². The molecule has 2 aromatic carbocycles. The summed E-state index contributed by atoms with van der Waals surface area (Å²) in [5.74, 6) is 0.973. The van der Waals surface area contributed by atoms with Crippen LogP contribution >= 0.6 is 15.9 Å². The number of aromatic nitrogens is 2. The van der Waals surface area contributed by atoms with Gasteiger partial charge in [-0.05, 0) is 43.2 Å². The van der Waals surface area contributed by atoms with Gasteiger partial charge < -0.3 is 10.3 Å². The van der Waals surface area contributed by atoms with E-state index in [9.17, 15) is 0 Å². The summed E-state index contributed by atoms with van der Waals surface area (Å²) in [4.78, 5) is 4.47. The van der Waals surface area contributed by atoms with Crippen molar-refractivity contribution in [2.45, 2.75) is 13.8 Å². The number of halogens is 1. The number of nitrogen functional groups attached to an aromatic ring is 1. The van der Waals surface area contributed by atoms with E-state index >= 15 is 0 Å². The molecular weight excluding hydrogens is 330 g/mol. The van der Waals surface area contributed by atoms with Crippen LogP contribution in [0.1, 0.15) is 11.1 Å². The molecule has 0 aliphatic carbocycles. The summed E-state index contributed by atoms with van der Waals surface area (Å²) in [5.41, 5.74) is 10.6. The Labute approximate surface area is 131 Å². The minimum Gasteiger partial charge on any atom is -0.398 e. The number of hydrogen-bond acceptors (Lipinski definition) is 4. The molecule has 0 aliphatic rings. The van der Waals surface area contributed by atoms with Crippen LogP contribution in [-0.2, 0) is 0 Å². The van der Waals surface area contributed by atoms with Crippen molar-refractivity contribution in [2.24, 2.45) is 0 Å². The summed E-state index contributed by atoms with van der Waals surface area (Å²) in [6.07, 6.45) is 0. The van der Waals surface area contributed by atoms with E-state index in [1.165, 1.54) is 0 Å². The second-order valence-electron chi connectivity index (χ2n) is 4.95. The van der Waals surface area contributed by atoms with Crippen LogP contribution in [0.3, 0.4) is 0 Å². The van der Waals surface area contributed by atoms with Gasteiger partial charge in [0.15, 0.2) is 0 Å². The van der Waals surface area contributed by atoms with Crippen LogP contribution in [0.25, 0.3) is 22.8 Å². The highest BCUT2D eigenvalue weighted by Gasteiger charge is 2.15. The first-order chi connectivity index (χ1) is 10.1. The summed E-state index contributed by atoms with van der Waals surface area (Å²) in [7, 11) is 0. The van der Waals surface area contributed by atoms with Crippen molar-refractivity contribution in [1.29, 1.82) is 0 Å². The highest BCUT2D eigenvalue weighted by atomic mass is 79.9. The van der Waals surface area contributed by atoms with E-state index in [1.54, 1.807) is 0 Å². The Morgan fingerprint density at radius 3 is 2.62 bits per heavy atom. The average Bonchev–Trinajstić information content (AvgIpc) is 2.92. The maximum absolute atomic E-state index is 6.12. The van der Waals surface area contributed by atoms with Crippen LogP contribution in [-0.4, -0.2) is 10.1 Å². The number of aryl methyl sites for hydroxylation is 2. The normalized spacial score (nSPS) is 10.8. The predicted molar refractivity (Wildman–Crippen MR) is 86.8 cm³/mol. The Balaban J connectivity index is 2.09. The predicted octanol–water partition coefficient (Wildman–Crippen LogP) is 4.37. The lowest BCUT2D eigenvalue weighted by Crippen LogP contribution is -1.95. The van der Waals surface area contributed by atoms with Crippen molar-refractivity contribution in [2.75, 3.05) is 5.73 Å². The number of anilines is 1. The molecule has 0 spiro atoms. The molecule has 0 saturated heterocycles. The zero-order valence-electron chi connectivity index (χ0n) is 11.7. The molecule has 0 amide bonds. The number of rotatable bonds is 2. The molecule has 0 bridgehead atoms. The number of nitrogens with zero attached hydrogens (tertiary/aromatic N) is 2. The van der Waals surface area contributed by atoms with Gasteiger partial charge in [0.25, 0.3) is 5.89 Å². The molecule has 3 aromatic rings. The zero-order valence-corrected chi connectivity index (χ0v) is 13.3. The molecule has 0 aliphatic heterocycles. The third kappa shape index (κ3) is 2.56. The topological polar surface area (TPSA) is 64.9 Å². The fourth-order valence-corrected chi connectivity index (χ4v) is 2.70. The average molecular weight is 344 g/mol. The Morgan fingerprint density at radius 2 is 1.86 bits per heavy atom. The fourth-order valence-electron chi connectivity index (χ4n) is 2.24. The first-order valence-electron chi connectivity index (χ1n) is 6.52. The maximum Gasteiger partial charge on any atom is 0.260 e. The molecule has 3 rings (SSSR count). The summed E-state index contributed by atoms with van der Waals surface area (Å²) in [6, 6.07) is 11.7. The van der Waals surface area contributed by atoms with Gasteiger partial charge in [-0.3, -0.25) is 0 Å². The minimum atomic E-state index is 0.435. The maximum atomic E-state index is 6.12. The summed E-state index contributed by atoms with van der Waals surface area (Å²) in [5, 5.41) is 4.05. The molecule has 0 radical (unpaired) electrons. The highest BCUT2D eigenvalue weighted by Crippen LogP contribution is 2.31. The molecule has 2 N–H and O–H groups in total. The molecule has 21 heavy (non-hydrogen) atoms. The molecule has 106 valence electrons. The second-order valence-corrected chi connectivity index (χ2v) is 5.80. The number of nitrogens with two attached hydrogens (primary N) is 1. The first-order valence-corrected chi connectivity index (χ1v) is 7.31. The quantitative estimate of drug-likeness (QED) is 0.702. The zero-order chi connectivity index (χ0) is 15.0. The van der Waals surface area contributed by atoms with Crippen molar-refractivity contribution in [3.8, 4) is 22.8 Å². The van der Waals surface area contributed by atoms with Crippen LogP contribution in [0.15, 0.2) is 45.4 Å². The Bertz CT molecular complexity index is 811. The standard InChI is InChI=1S/C16H14BrN3O/c1-9-7-10(2)14(18)12(8-9)16-19-15(20-21-16)11-5-3-4-6-13(11)17/h3-8H,18H2,1-2H3. The van der Waals surface area contributed by atoms with E-state index in [4.69, 9.17) is 10.3 Å². The van der Waals surface area contributed by atoms with Crippen LogP contribution in [0.5, 0.6) is 0 Å². The second kappa shape index (κ2) is 5.33. The lowest BCUT2D eigenvalue weighted by Gasteiger charge is -2.06. The largest absolute Gasteiger partial charge is 0.398 e. The summed E-state index contributed by atoms with van der Waals surface area (Å²) in [6.45, 7) is 3.98. The van der Waals surface area contributed by atoms with Gasteiger partial charge in [0, 0.05) is 15.7 Å². The SMILES string of the molecule is Cc1cc(C)c(N)c(-c2nc(-c3ccccc3Br)no2)c1. The van der Waals surface area contributed by atoms with E-state index in [-0.39, 0.29) is 0 Å². The van der Waals surface area contributed by atoms with E-state index < -0.39 is 0 Å². The molecule has 0 fully saturated rings. The Hall–Kier alpha value is -2.14. The van der Waals surface area contributed by atoms with E-state index in [0.717, 1.165) is 26.7 Å². The van der Waals surface area contributed by atoms with Crippen molar-refractivity contribution in [3.63, 3.8) is 0 Å². The van der Waals surface area contributed by atoms with E-state index in [0.29, 0.717) is 17.4 Å². The van der Waals surface area contributed by atoms with Gasteiger partial charge in [0.2, 0.25) is 5.82 Å². The van der Waals surface area contributed by atoms with Crippen LogP contribution < -0.4 is 5.73 Å². The smallest absolute Gasteiger partial charge is 0.260 e. The monoisotopic (exact) mass is 343 g/mol. The lowest BCUT2D eigenvalue weighted by molar-refractivity contribution is 0.432. The van der Waals surface area contributed by atoms with E-state index in [2.05, 4.69) is 26.1 Å². The van der Waals surface area contributed by atoms with Crippen LogP contribution in [0, 0.1) is 13.8 Å². The molecule has 0 saturated carbocycles. The van der Waals surface area contributed by atoms with Gasteiger partial charge >= 0.3 is 0 Å². The van der Waals surface area contributed by atoms with Crippen LogP contribution in [0.2, 0.25) is 0 Å². The third-order valence-electron chi connectivity index (χ3n) is 3.30. The van der Waals surface area contributed by atoms with Crippen molar-refractivity contribution >= 4 is 21.6 Å². The Morgan fingerprint density at radius 1 is 1.10 bits per heavy atom. The number of hydrogen-bond donors (Lipinski definition) is 1. The fraction of sp³-hybridized carbons (Fsp3) is 0.125. The number of benzene rings is 2. The molecule has 5 heteroatoms. The van der Waals surface area contributed by atoms with Gasteiger partial charge in [-0.25, -0.2) is 0 Å². The first kappa shape index (κ1) is 13.8. The Kier molecular flexibility index (Phi) is 3.51. The lowest BCUT2D eigenvalue weighted by atomic mass is 10.0. The van der Waals surface area contributed by atoms with Crippen molar-refractivity contribution in [3.05, 3.63) is 52.0 Å². The highest BCUT2D eigenvalue weighted by molar-refractivity contribution is 9.10. The molecule has 4 nitrogen and oxygen atoms in total. The van der Waals surface area contributed by atoms with Crippen molar-refractivity contribution in [1.82, 2.24) is 10.1 Å². The van der Waals surface area contributed by atoms with E-state index in [1.807, 2.05) is 50.2 Å². The molecule has 0 atom stereocenters. The molecular formula is C16H14BrN3O. The molecule has 1 aromatic heterocycles. The van der Waals surface area contributed by atoms with Gasteiger partial charge in [-0.15, -0.1) is 0 Å². The van der Waals surface area contributed by atoms with Gasteiger partial charge in [-0.1, -0.05) is 39.3 Å². The van der Waals surface area contributed by atoms with Gasteiger partial charge in [-0.2, -0.15) is 4.98 Å².